The topological polar surface area (TPSA) is 3.24 Å². The van der Waals surface area contributed by atoms with Crippen LogP contribution in [0.3, 0.4) is 0 Å². The van der Waals surface area contributed by atoms with E-state index >= 15 is 0 Å². The maximum atomic E-state index is 2.42. The van der Waals surface area contributed by atoms with Gasteiger partial charge in [-0.1, -0.05) is 20.3 Å². The molecule has 0 bridgehead atoms. The first-order valence-corrected chi connectivity index (χ1v) is 4.78. The molecule has 1 nitrogen and oxygen atoms in total. The molecular formula is C10H23N. The minimum absolute atomic E-state index is 0.689. The van der Waals surface area contributed by atoms with Crippen molar-refractivity contribution in [1.29, 1.82) is 0 Å². The Morgan fingerprint density at radius 3 is 2.09 bits per heavy atom. The number of nitrogens with zero attached hydrogens (tertiary/aromatic N) is 1. The van der Waals surface area contributed by atoms with Crippen molar-refractivity contribution in [2.45, 2.75) is 46.6 Å². The Kier molecular flexibility index (Phi) is 5.57. The Morgan fingerprint density at radius 1 is 1.18 bits per heavy atom. The minimum Gasteiger partial charge on any atom is -0.304 e. The van der Waals surface area contributed by atoms with E-state index in [9.17, 15) is 0 Å². The van der Waals surface area contributed by atoms with Crippen LogP contribution in [0.4, 0.5) is 0 Å². The summed E-state index contributed by atoms with van der Waals surface area (Å²) in [5, 5.41) is 0. The van der Waals surface area contributed by atoms with E-state index in [4.69, 9.17) is 0 Å². The Hall–Kier alpha value is -0.0400. The Balaban J connectivity index is 3.48. The summed E-state index contributed by atoms with van der Waals surface area (Å²) in [4.78, 5) is 2.42. The second-order valence-corrected chi connectivity index (χ2v) is 3.93. The maximum Gasteiger partial charge on any atom is 0.00356 e. The lowest BCUT2D eigenvalue weighted by Crippen LogP contribution is -2.30. The first-order valence-electron chi connectivity index (χ1n) is 4.78. The van der Waals surface area contributed by atoms with E-state index in [1.807, 2.05) is 0 Å². The van der Waals surface area contributed by atoms with Crippen molar-refractivity contribution in [1.82, 2.24) is 4.90 Å². The first kappa shape index (κ1) is 11.0. The van der Waals surface area contributed by atoms with Crippen LogP contribution < -0.4 is 0 Å². The maximum absolute atomic E-state index is 2.42. The zero-order valence-corrected chi connectivity index (χ0v) is 8.72. The SMILES string of the molecule is CCCC(C)CN(C)C(C)C. The monoisotopic (exact) mass is 157 g/mol. The Bertz CT molecular complexity index is 88.9. The van der Waals surface area contributed by atoms with E-state index in [0.29, 0.717) is 6.04 Å². The summed E-state index contributed by atoms with van der Waals surface area (Å²) < 4.78 is 0. The van der Waals surface area contributed by atoms with Gasteiger partial charge in [0.05, 0.1) is 0 Å². The molecule has 0 radical (unpaired) electrons. The normalized spacial score (nSPS) is 14.5. The number of hydrogen-bond donors (Lipinski definition) is 0. The van der Waals surface area contributed by atoms with E-state index in [1.165, 1.54) is 19.4 Å². The third-order valence-corrected chi connectivity index (χ3v) is 2.26. The summed E-state index contributed by atoms with van der Waals surface area (Å²) in [5.74, 6) is 0.854. The fraction of sp³-hybridized carbons (Fsp3) is 1.00. The fourth-order valence-electron chi connectivity index (χ4n) is 1.29. The molecule has 0 aliphatic heterocycles. The molecule has 1 heteroatoms. The van der Waals surface area contributed by atoms with Gasteiger partial charge < -0.3 is 4.90 Å². The molecule has 68 valence electrons. The molecule has 0 amide bonds. The summed E-state index contributed by atoms with van der Waals surface area (Å²) in [5.41, 5.74) is 0. The van der Waals surface area contributed by atoms with Crippen molar-refractivity contribution in [3.05, 3.63) is 0 Å². The highest BCUT2D eigenvalue weighted by Gasteiger charge is 2.07. The van der Waals surface area contributed by atoms with Crippen molar-refractivity contribution in [3.8, 4) is 0 Å². The molecule has 0 spiro atoms. The van der Waals surface area contributed by atoms with Gasteiger partial charge in [-0.3, -0.25) is 0 Å². The fourth-order valence-corrected chi connectivity index (χ4v) is 1.29. The van der Waals surface area contributed by atoms with Crippen molar-refractivity contribution in [2.24, 2.45) is 5.92 Å². The predicted molar refractivity (Wildman–Crippen MR) is 51.8 cm³/mol. The lowest BCUT2D eigenvalue weighted by atomic mass is 10.1. The van der Waals surface area contributed by atoms with E-state index < -0.39 is 0 Å². The first-order chi connectivity index (χ1) is 5.07. The van der Waals surface area contributed by atoms with Gasteiger partial charge in [-0.25, -0.2) is 0 Å². The highest BCUT2D eigenvalue weighted by atomic mass is 15.1. The van der Waals surface area contributed by atoms with Gasteiger partial charge in [0.1, 0.15) is 0 Å². The van der Waals surface area contributed by atoms with Crippen LogP contribution >= 0.6 is 0 Å². The second kappa shape index (κ2) is 5.59. The standard InChI is InChI=1S/C10H23N/c1-6-7-10(4)8-11(5)9(2)3/h9-10H,6-8H2,1-5H3. The van der Waals surface area contributed by atoms with Gasteiger partial charge in [0, 0.05) is 12.6 Å². The Labute approximate surface area is 71.8 Å². The molecule has 0 rings (SSSR count). The van der Waals surface area contributed by atoms with Gasteiger partial charge in [0.15, 0.2) is 0 Å². The third kappa shape index (κ3) is 5.25. The summed E-state index contributed by atoms with van der Waals surface area (Å²) in [6.07, 6.45) is 2.67. The summed E-state index contributed by atoms with van der Waals surface area (Å²) in [6.45, 7) is 10.3. The smallest absolute Gasteiger partial charge is 0.00356 e. The molecule has 0 aliphatic rings. The molecule has 0 aromatic rings. The number of hydrogen-bond acceptors (Lipinski definition) is 1. The van der Waals surface area contributed by atoms with Crippen molar-refractivity contribution >= 4 is 0 Å². The lowest BCUT2D eigenvalue weighted by Gasteiger charge is -2.24. The van der Waals surface area contributed by atoms with Gasteiger partial charge in [0.25, 0.3) is 0 Å². The summed E-state index contributed by atoms with van der Waals surface area (Å²) in [6, 6.07) is 0.689. The van der Waals surface area contributed by atoms with Gasteiger partial charge in [0.2, 0.25) is 0 Å². The zero-order valence-electron chi connectivity index (χ0n) is 8.72. The molecule has 11 heavy (non-hydrogen) atoms. The molecule has 0 aliphatic carbocycles. The van der Waals surface area contributed by atoms with Crippen LogP contribution in [-0.2, 0) is 0 Å². The van der Waals surface area contributed by atoms with Crippen LogP contribution in [0.15, 0.2) is 0 Å². The van der Waals surface area contributed by atoms with Crippen LogP contribution in [0.5, 0.6) is 0 Å². The van der Waals surface area contributed by atoms with Crippen LogP contribution in [-0.4, -0.2) is 24.5 Å². The molecule has 0 fully saturated rings. The van der Waals surface area contributed by atoms with Crippen molar-refractivity contribution in [2.75, 3.05) is 13.6 Å². The average Bonchev–Trinajstić information content (AvgIpc) is 1.87. The third-order valence-electron chi connectivity index (χ3n) is 2.26. The molecule has 1 unspecified atom stereocenters. The van der Waals surface area contributed by atoms with Crippen molar-refractivity contribution < 1.29 is 0 Å². The lowest BCUT2D eigenvalue weighted by molar-refractivity contribution is 0.231. The van der Waals surface area contributed by atoms with Crippen LogP contribution in [0.25, 0.3) is 0 Å². The summed E-state index contributed by atoms with van der Waals surface area (Å²) in [7, 11) is 2.21. The zero-order chi connectivity index (χ0) is 8.85. The molecule has 1 atom stereocenters. The van der Waals surface area contributed by atoms with E-state index in [2.05, 4.69) is 39.6 Å². The molecule has 0 N–H and O–H groups in total. The van der Waals surface area contributed by atoms with Crippen LogP contribution in [0, 0.1) is 5.92 Å². The minimum atomic E-state index is 0.689. The highest BCUT2D eigenvalue weighted by molar-refractivity contribution is 4.61. The van der Waals surface area contributed by atoms with Gasteiger partial charge in [-0.05, 0) is 33.2 Å². The molecule has 0 heterocycles. The predicted octanol–water partition coefficient (Wildman–Crippen LogP) is 2.76. The van der Waals surface area contributed by atoms with Gasteiger partial charge in [-0.15, -0.1) is 0 Å². The van der Waals surface area contributed by atoms with Gasteiger partial charge in [-0.2, -0.15) is 0 Å². The second-order valence-electron chi connectivity index (χ2n) is 3.93. The Morgan fingerprint density at radius 2 is 1.73 bits per heavy atom. The molecule has 0 saturated carbocycles. The average molecular weight is 157 g/mol. The van der Waals surface area contributed by atoms with Crippen molar-refractivity contribution in [3.63, 3.8) is 0 Å². The number of rotatable bonds is 5. The van der Waals surface area contributed by atoms with Crippen LogP contribution in [0.2, 0.25) is 0 Å². The highest BCUT2D eigenvalue weighted by Crippen LogP contribution is 2.07. The molecular weight excluding hydrogens is 134 g/mol. The molecule has 0 aromatic heterocycles. The van der Waals surface area contributed by atoms with Gasteiger partial charge >= 0.3 is 0 Å². The van der Waals surface area contributed by atoms with E-state index in [0.717, 1.165) is 5.92 Å². The van der Waals surface area contributed by atoms with E-state index in [1.54, 1.807) is 0 Å². The van der Waals surface area contributed by atoms with Crippen LogP contribution in [0.1, 0.15) is 40.5 Å². The van der Waals surface area contributed by atoms with E-state index in [-0.39, 0.29) is 0 Å². The molecule has 0 saturated heterocycles. The molecule has 0 aromatic carbocycles. The largest absolute Gasteiger partial charge is 0.304 e. The quantitative estimate of drug-likeness (QED) is 0.593. The summed E-state index contributed by atoms with van der Waals surface area (Å²) >= 11 is 0.